The highest BCUT2D eigenvalue weighted by Gasteiger charge is 2.27. The first-order valence-electron chi connectivity index (χ1n) is 7.15. The van der Waals surface area contributed by atoms with E-state index in [-0.39, 0.29) is 11.3 Å². The average molecular weight is 305 g/mol. The zero-order valence-corrected chi connectivity index (χ0v) is 12.8. The number of carbonyl (C=O) groups is 1. The molecular formula is C15H19N3O2S. The highest BCUT2D eigenvalue weighted by atomic mass is 32.1. The van der Waals surface area contributed by atoms with Gasteiger partial charge in [0.25, 0.3) is 5.91 Å². The van der Waals surface area contributed by atoms with E-state index in [1.165, 1.54) is 11.3 Å². The summed E-state index contributed by atoms with van der Waals surface area (Å²) in [5.74, 6) is 0.648. The minimum absolute atomic E-state index is 0.0509. The molecule has 0 aromatic carbocycles. The third kappa shape index (κ3) is 3.33. The highest BCUT2D eigenvalue weighted by molar-refractivity contribution is 7.16. The lowest BCUT2D eigenvalue weighted by Gasteiger charge is -2.34. The summed E-state index contributed by atoms with van der Waals surface area (Å²) < 4.78 is 5.29. The Morgan fingerprint density at radius 3 is 3.05 bits per heavy atom. The predicted octanol–water partition coefficient (Wildman–Crippen LogP) is 2.52. The summed E-state index contributed by atoms with van der Waals surface area (Å²) in [4.78, 5) is 17.1. The SMILES string of the molecule is CC1(CNC(=O)c2cnc(-c3ccco3)s2)CCNCC1. The molecule has 21 heavy (non-hydrogen) atoms. The van der Waals surface area contributed by atoms with Crippen LogP contribution in [0.5, 0.6) is 0 Å². The molecule has 1 aliphatic heterocycles. The van der Waals surface area contributed by atoms with Crippen LogP contribution in [0.2, 0.25) is 0 Å². The van der Waals surface area contributed by atoms with Crippen molar-refractivity contribution >= 4 is 17.2 Å². The standard InChI is InChI=1S/C15H19N3O2S/c1-15(4-6-16-7-5-15)10-18-13(19)12-9-17-14(21-12)11-3-2-8-20-11/h2-3,8-9,16H,4-7,10H2,1H3,(H,18,19). The summed E-state index contributed by atoms with van der Waals surface area (Å²) in [6, 6.07) is 3.66. The highest BCUT2D eigenvalue weighted by Crippen LogP contribution is 2.28. The molecule has 0 bridgehead atoms. The van der Waals surface area contributed by atoms with Crippen molar-refractivity contribution in [3.05, 3.63) is 29.5 Å². The van der Waals surface area contributed by atoms with Gasteiger partial charge in [-0.25, -0.2) is 4.98 Å². The Hall–Kier alpha value is -1.66. The van der Waals surface area contributed by atoms with E-state index in [9.17, 15) is 4.79 Å². The van der Waals surface area contributed by atoms with Crippen LogP contribution in [-0.4, -0.2) is 30.5 Å². The van der Waals surface area contributed by atoms with Crippen LogP contribution in [0.3, 0.4) is 0 Å². The van der Waals surface area contributed by atoms with Crippen molar-refractivity contribution in [1.82, 2.24) is 15.6 Å². The third-order valence-corrected chi connectivity index (χ3v) is 4.96. The van der Waals surface area contributed by atoms with Gasteiger partial charge < -0.3 is 15.1 Å². The largest absolute Gasteiger partial charge is 0.462 e. The van der Waals surface area contributed by atoms with Gasteiger partial charge >= 0.3 is 0 Å². The van der Waals surface area contributed by atoms with Crippen LogP contribution in [-0.2, 0) is 0 Å². The summed E-state index contributed by atoms with van der Waals surface area (Å²) in [5.41, 5.74) is 0.190. The number of thiazole rings is 1. The number of nitrogens with one attached hydrogen (secondary N) is 2. The van der Waals surface area contributed by atoms with Gasteiger partial charge in [0, 0.05) is 6.54 Å². The maximum atomic E-state index is 12.2. The molecule has 2 N–H and O–H groups in total. The average Bonchev–Trinajstić information content (AvgIpc) is 3.16. The van der Waals surface area contributed by atoms with Crippen molar-refractivity contribution < 1.29 is 9.21 Å². The van der Waals surface area contributed by atoms with Crippen molar-refractivity contribution in [2.24, 2.45) is 5.41 Å². The number of carbonyl (C=O) groups excluding carboxylic acids is 1. The summed E-state index contributed by atoms with van der Waals surface area (Å²) in [7, 11) is 0. The van der Waals surface area contributed by atoms with E-state index in [1.54, 1.807) is 12.5 Å². The van der Waals surface area contributed by atoms with Crippen LogP contribution in [0.15, 0.2) is 29.0 Å². The molecule has 3 heterocycles. The van der Waals surface area contributed by atoms with E-state index in [1.807, 2.05) is 12.1 Å². The van der Waals surface area contributed by atoms with E-state index in [2.05, 4.69) is 22.5 Å². The molecule has 5 nitrogen and oxygen atoms in total. The smallest absolute Gasteiger partial charge is 0.263 e. The fourth-order valence-electron chi connectivity index (χ4n) is 2.48. The number of hydrogen-bond acceptors (Lipinski definition) is 5. The van der Waals surface area contributed by atoms with Gasteiger partial charge in [-0.3, -0.25) is 4.79 Å². The van der Waals surface area contributed by atoms with Crippen molar-refractivity contribution in [2.75, 3.05) is 19.6 Å². The Morgan fingerprint density at radius 2 is 2.33 bits per heavy atom. The summed E-state index contributed by atoms with van der Waals surface area (Å²) in [6.07, 6.45) is 5.40. The van der Waals surface area contributed by atoms with Gasteiger partial charge in [-0.1, -0.05) is 6.92 Å². The van der Waals surface area contributed by atoms with Gasteiger partial charge in [-0.05, 0) is 43.5 Å². The van der Waals surface area contributed by atoms with E-state index < -0.39 is 0 Å². The summed E-state index contributed by atoms with van der Waals surface area (Å²) in [5, 5.41) is 7.12. The van der Waals surface area contributed by atoms with Crippen LogP contribution in [0, 0.1) is 5.41 Å². The fourth-order valence-corrected chi connectivity index (χ4v) is 3.28. The molecule has 6 heteroatoms. The molecular weight excluding hydrogens is 286 g/mol. The molecule has 1 fully saturated rings. The molecule has 0 unspecified atom stereocenters. The van der Waals surface area contributed by atoms with E-state index >= 15 is 0 Å². The quantitative estimate of drug-likeness (QED) is 0.911. The lowest BCUT2D eigenvalue weighted by molar-refractivity contribution is 0.0926. The van der Waals surface area contributed by atoms with Gasteiger partial charge in [0.2, 0.25) is 0 Å². The Morgan fingerprint density at radius 1 is 1.52 bits per heavy atom. The predicted molar refractivity (Wildman–Crippen MR) is 82.4 cm³/mol. The Kier molecular flexibility index (Phi) is 4.07. The van der Waals surface area contributed by atoms with Crippen LogP contribution >= 0.6 is 11.3 Å². The molecule has 0 aliphatic carbocycles. The minimum atomic E-state index is -0.0509. The van der Waals surface area contributed by atoms with Crippen molar-refractivity contribution in [2.45, 2.75) is 19.8 Å². The molecule has 1 amide bonds. The molecule has 2 aromatic rings. The molecule has 0 spiro atoms. The molecule has 112 valence electrons. The molecule has 0 saturated carbocycles. The van der Waals surface area contributed by atoms with Crippen LogP contribution in [0.4, 0.5) is 0 Å². The third-order valence-electron chi connectivity index (χ3n) is 3.95. The fraction of sp³-hybridized carbons (Fsp3) is 0.467. The van der Waals surface area contributed by atoms with E-state index in [0.29, 0.717) is 17.2 Å². The molecule has 0 radical (unpaired) electrons. The number of furan rings is 1. The summed E-state index contributed by atoms with van der Waals surface area (Å²) >= 11 is 1.35. The Labute approximate surface area is 127 Å². The zero-order valence-electron chi connectivity index (χ0n) is 12.0. The maximum absolute atomic E-state index is 12.2. The number of aromatic nitrogens is 1. The minimum Gasteiger partial charge on any atom is -0.462 e. The van der Waals surface area contributed by atoms with Crippen molar-refractivity contribution in [3.8, 4) is 10.8 Å². The number of piperidine rings is 1. The monoisotopic (exact) mass is 305 g/mol. The van der Waals surface area contributed by atoms with Gasteiger partial charge in [0.1, 0.15) is 4.88 Å². The van der Waals surface area contributed by atoms with Gasteiger partial charge in [-0.2, -0.15) is 0 Å². The molecule has 1 saturated heterocycles. The number of nitrogens with zero attached hydrogens (tertiary/aromatic N) is 1. The van der Waals surface area contributed by atoms with Crippen LogP contribution < -0.4 is 10.6 Å². The first-order valence-corrected chi connectivity index (χ1v) is 7.97. The summed E-state index contributed by atoms with van der Waals surface area (Å²) in [6.45, 7) is 4.99. The van der Waals surface area contributed by atoms with Crippen molar-refractivity contribution in [3.63, 3.8) is 0 Å². The van der Waals surface area contributed by atoms with Gasteiger partial charge in [-0.15, -0.1) is 11.3 Å². The molecule has 2 aromatic heterocycles. The molecule has 0 atom stereocenters. The lowest BCUT2D eigenvalue weighted by Crippen LogP contribution is -2.42. The second-order valence-electron chi connectivity index (χ2n) is 5.75. The topological polar surface area (TPSA) is 67.2 Å². The maximum Gasteiger partial charge on any atom is 0.263 e. The van der Waals surface area contributed by atoms with Crippen molar-refractivity contribution in [1.29, 1.82) is 0 Å². The first kappa shape index (κ1) is 14.3. The number of amides is 1. The number of rotatable bonds is 4. The van der Waals surface area contributed by atoms with Crippen LogP contribution in [0.1, 0.15) is 29.4 Å². The van der Waals surface area contributed by atoms with E-state index in [4.69, 9.17) is 4.42 Å². The van der Waals surface area contributed by atoms with Gasteiger partial charge in [0.05, 0.1) is 12.5 Å². The lowest BCUT2D eigenvalue weighted by atomic mass is 9.81. The number of hydrogen-bond donors (Lipinski definition) is 2. The van der Waals surface area contributed by atoms with Crippen LogP contribution in [0.25, 0.3) is 10.8 Å². The normalized spacial score (nSPS) is 17.6. The molecule has 3 rings (SSSR count). The van der Waals surface area contributed by atoms with Gasteiger partial charge in [0.15, 0.2) is 10.8 Å². The second kappa shape index (κ2) is 5.99. The Balaban J connectivity index is 1.61. The first-order chi connectivity index (χ1) is 10.2. The zero-order chi connectivity index (χ0) is 14.7. The molecule has 1 aliphatic rings. The van der Waals surface area contributed by atoms with E-state index in [0.717, 1.165) is 30.9 Å². The second-order valence-corrected chi connectivity index (χ2v) is 6.78. The Bertz CT molecular complexity index is 600.